The third kappa shape index (κ3) is 4.21. The van der Waals surface area contributed by atoms with Gasteiger partial charge >= 0.3 is 6.18 Å². The number of aliphatic hydroxyl groups excluding tert-OH is 1. The van der Waals surface area contributed by atoms with Crippen LogP contribution in [-0.4, -0.2) is 27.7 Å². The van der Waals surface area contributed by atoms with E-state index in [9.17, 15) is 17.6 Å². The summed E-state index contributed by atoms with van der Waals surface area (Å²) in [5.74, 6) is -0.579. The predicted molar refractivity (Wildman–Crippen MR) is 88.9 cm³/mol. The summed E-state index contributed by atoms with van der Waals surface area (Å²) in [6.07, 6.45) is -2.85. The highest BCUT2D eigenvalue weighted by atomic mass is 19.4. The Kier molecular flexibility index (Phi) is 4.99. The molecule has 26 heavy (non-hydrogen) atoms. The van der Waals surface area contributed by atoms with Crippen molar-refractivity contribution in [2.24, 2.45) is 0 Å². The number of aliphatic hydroxyl groups is 1. The highest BCUT2D eigenvalue weighted by molar-refractivity contribution is 5.63. The van der Waals surface area contributed by atoms with E-state index >= 15 is 0 Å². The first-order chi connectivity index (χ1) is 12.3. The topological polar surface area (TPSA) is 70.1 Å². The summed E-state index contributed by atoms with van der Waals surface area (Å²) < 4.78 is 53.5. The van der Waals surface area contributed by atoms with E-state index in [1.54, 1.807) is 6.92 Å². The van der Waals surface area contributed by atoms with Crippen LogP contribution in [0.15, 0.2) is 24.3 Å². The first kappa shape index (κ1) is 18.4. The molecule has 1 saturated carbocycles. The average molecular weight is 370 g/mol. The van der Waals surface area contributed by atoms with Crippen LogP contribution in [0.4, 0.5) is 35.0 Å². The Balaban J connectivity index is 1.97. The van der Waals surface area contributed by atoms with E-state index in [1.165, 1.54) is 6.07 Å². The number of aromatic nitrogens is 2. The van der Waals surface area contributed by atoms with E-state index in [2.05, 4.69) is 20.6 Å². The number of rotatable bonds is 6. The fraction of sp³-hybridized carbons (Fsp3) is 0.412. The van der Waals surface area contributed by atoms with Gasteiger partial charge in [-0.15, -0.1) is 0 Å². The van der Waals surface area contributed by atoms with Gasteiger partial charge < -0.3 is 15.7 Å². The maximum absolute atomic E-state index is 14.0. The Labute approximate surface area is 147 Å². The van der Waals surface area contributed by atoms with Crippen LogP contribution in [0.5, 0.6) is 0 Å². The minimum atomic E-state index is -4.71. The van der Waals surface area contributed by atoms with Crippen molar-refractivity contribution in [3.63, 3.8) is 0 Å². The molecule has 1 aliphatic carbocycles. The van der Waals surface area contributed by atoms with Gasteiger partial charge in [-0.2, -0.15) is 18.2 Å². The van der Waals surface area contributed by atoms with Gasteiger partial charge in [0.05, 0.1) is 23.6 Å². The highest BCUT2D eigenvalue weighted by Crippen LogP contribution is 2.41. The molecular formula is C17H18F4N4O. The minimum Gasteiger partial charge on any atom is -0.394 e. The van der Waals surface area contributed by atoms with Crippen molar-refractivity contribution < 1.29 is 22.7 Å². The average Bonchev–Trinajstić information content (AvgIpc) is 3.40. The molecule has 1 aliphatic rings. The van der Waals surface area contributed by atoms with Gasteiger partial charge in [0.15, 0.2) is 0 Å². The predicted octanol–water partition coefficient (Wildman–Crippen LogP) is 4.05. The summed E-state index contributed by atoms with van der Waals surface area (Å²) in [5.41, 5.74) is -1.12. The fourth-order valence-electron chi connectivity index (χ4n) is 2.46. The zero-order chi connectivity index (χ0) is 18.9. The monoisotopic (exact) mass is 370 g/mol. The van der Waals surface area contributed by atoms with Gasteiger partial charge in [-0.1, -0.05) is 6.07 Å². The van der Waals surface area contributed by atoms with Crippen LogP contribution in [0.25, 0.3) is 0 Å². The molecule has 1 heterocycles. The lowest BCUT2D eigenvalue weighted by Crippen LogP contribution is -2.21. The molecule has 1 fully saturated rings. The first-order valence-electron chi connectivity index (χ1n) is 8.17. The molecule has 0 unspecified atom stereocenters. The number of anilines is 3. The summed E-state index contributed by atoms with van der Waals surface area (Å²) in [6.45, 7) is 1.55. The van der Waals surface area contributed by atoms with E-state index < -0.39 is 23.2 Å². The van der Waals surface area contributed by atoms with Crippen LogP contribution in [0.2, 0.25) is 0 Å². The van der Waals surface area contributed by atoms with E-state index in [4.69, 9.17) is 5.11 Å². The van der Waals surface area contributed by atoms with Crippen molar-refractivity contribution in [3.8, 4) is 0 Å². The van der Waals surface area contributed by atoms with Crippen molar-refractivity contribution in [1.29, 1.82) is 0 Å². The largest absolute Gasteiger partial charge is 0.418 e. The summed E-state index contributed by atoms with van der Waals surface area (Å²) in [7, 11) is 0. The standard InChI is InChI=1S/C17H18F4N4O/c1-9(8-26)22-16-23-13(10-5-6-10)7-14(25-16)24-15-11(17(19,20)21)3-2-4-12(15)18/h2-4,7,9-10,26H,5-6,8H2,1H3,(H2,22,23,24,25)/t9-/m1/s1. The van der Waals surface area contributed by atoms with Crippen LogP contribution in [-0.2, 0) is 6.18 Å². The van der Waals surface area contributed by atoms with Crippen LogP contribution in [0, 0.1) is 5.82 Å². The lowest BCUT2D eigenvalue weighted by molar-refractivity contribution is -0.137. The second-order valence-corrected chi connectivity index (χ2v) is 6.29. The molecule has 1 atom stereocenters. The van der Waals surface area contributed by atoms with Crippen molar-refractivity contribution in [2.75, 3.05) is 17.2 Å². The van der Waals surface area contributed by atoms with Crippen molar-refractivity contribution in [3.05, 3.63) is 41.3 Å². The fourth-order valence-corrected chi connectivity index (χ4v) is 2.46. The van der Waals surface area contributed by atoms with Crippen LogP contribution >= 0.6 is 0 Å². The van der Waals surface area contributed by atoms with Crippen LogP contribution < -0.4 is 10.6 Å². The number of alkyl halides is 3. The zero-order valence-corrected chi connectivity index (χ0v) is 13.9. The third-order valence-electron chi connectivity index (χ3n) is 3.96. The summed E-state index contributed by atoms with van der Waals surface area (Å²) >= 11 is 0. The van der Waals surface area contributed by atoms with Gasteiger partial charge in [0.2, 0.25) is 5.95 Å². The number of hydrogen-bond acceptors (Lipinski definition) is 5. The lowest BCUT2D eigenvalue weighted by Gasteiger charge is -2.17. The summed E-state index contributed by atoms with van der Waals surface area (Å²) in [6, 6.07) is 3.96. The molecule has 2 aromatic rings. The number of para-hydroxylation sites is 1. The summed E-state index contributed by atoms with van der Waals surface area (Å²) in [4.78, 5) is 8.44. The smallest absolute Gasteiger partial charge is 0.394 e. The van der Waals surface area contributed by atoms with Crippen LogP contribution in [0.1, 0.15) is 36.9 Å². The minimum absolute atomic E-state index is 0.0603. The number of nitrogens with one attached hydrogen (secondary N) is 2. The molecule has 0 bridgehead atoms. The quantitative estimate of drug-likeness (QED) is 0.670. The Hall–Kier alpha value is -2.42. The van der Waals surface area contributed by atoms with Crippen molar-refractivity contribution in [2.45, 2.75) is 37.9 Å². The van der Waals surface area contributed by atoms with Crippen LogP contribution in [0.3, 0.4) is 0 Å². The Morgan fingerprint density at radius 3 is 2.62 bits per heavy atom. The SMILES string of the molecule is C[C@H](CO)Nc1nc(Nc2c(F)cccc2C(F)(F)F)cc(C2CC2)n1. The summed E-state index contributed by atoms with van der Waals surface area (Å²) in [5, 5.41) is 14.5. The van der Waals surface area contributed by atoms with E-state index in [0.29, 0.717) is 5.69 Å². The molecular weight excluding hydrogens is 352 g/mol. The molecule has 0 radical (unpaired) electrons. The number of hydrogen-bond donors (Lipinski definition) is 3. The Morgan fingerprint density at radius 1 is 1.27 bits per heavy atom. The van der Waals surface area contributed by atoms with E-state index in [1.807, 2.05) is 0 Å². The Morgan fingerprint density at radius 2 is 2.00 bits per heavy atom. The normalized spacial score (nSPS) is 15.6. The van der Waals surface area contributed by atoms with E-state index in [0.717, 1.165) is 31.0 Å². The Bertz CT molecular complexity index is 793. The number of halogens is 4. The van der Waals surface area contributed by atoms with Crippen molar-refractivity contribution >= 4 is 17.5 Å². The third-order valence-corrected chi connectivity index (χ3v) is 3.96. The molecule has 3 N–H and O–H groups in total. The second-order valence-electron chi connectivity index (χ2n) is 6.29. The van der Waals surface area contributed by atoms with Gasteiger partial charge in [0.25, 0.3) is 0 Å². The zero-order valence-electron chi connectivity index (χ0n) is 13.9. The van der Waals surface area contributed by atoms with Crippen molar-refractivity contribution in [1.82, 2.24) is 9.97 Å². The molecule has 5 nitrogen and oxygen atoms in total. The number of benzene rings is 1. The first-order valence-corrected chi connectivity index (χ1v) is 8.17. The molecule has 140 valence electrons. The van der Waals surface area contributed by atoms with Gasteiger partial charge in [0.1, 0.15) is 11.6 Å². The van der Waals surface area contributed by atoms with Gasteiger partial charge in [0, 0.05) is 18.0 Å². The molecule has 0 amide bonds. The molecule has 0 spiro atoms. The lowest BCUT2D eigenvalue weighted by atomic mass is 10.1. The molecule has 9 heteroatoms. The molecule has 1 aromatic heterocycles. The maximum Gasteiger partial charge on any atom is 0.418 e. The molecule has 0 aliphatic heterocycles. The molecule has 1 aromatic carbocycles. The van der Waals surface area contributed by atoms with Gasteiger partial charge in [-0.05, 0) is 31.9 Å². The maximum atomic E-state index is 14.0. The molecule has 3 rings (SSSR count). The number of nitrogens with zero attached hydrogens (tertiary/aromatic N) is 2. The highest BCUT2D eigenvalue weighted by Gasteiger charge is 2.35. The van der Waals surface area contributed by atoms with Gasteiger partial charge in [-0.3, -0.25) is 0 Å². The molecule has 0 saturated heterocycles. The van der Waals surface area contributed by atoms with E-state index in [-0.39, 0.29) is 30.3 Å². The van der Waals surface area contributed by atoms with Gasteiger partial charge in [-0.25, -0.2) is 9.37 Å². The second kappa shape index (κ2) is 7.06.